The average molecular weight is 556 g/mol. The monoisotopic (exact) mass is 555 g/mol. The van der Waals surface area contributed by atoms with Crippen LogP contribution in [0.15, 0.2) is 83.3 Å². The molecule has 0 spiro atoms. The molecule has 1 heterocycles. The molecular weight excluding hydrogens is 534 g/mol. The van der Waals surface area contributed by atoms with Crippen molar-refractivity contribution in [3.8, 4) is 6.07 Å². The molecule has 0 bridgehead atoms. The number of carboxylic acid groups (broad SMARTS) is 2. The Kier molecular flexibility index (Phi) is 8.24. The van der Waals surface area contributed by atoms with Gasteiger partial charge in [-0.2, -0.15) is 5.26 Å². The van der Waals surface area contributed by atoms with E-state index in [9.17, 15) is 14.4 Å². The van der Waals surface area contributed by atoms with Crippen LogP contribution in [0.4, 0.5) is 17.1 Å². The second kappa shape index (κ2) is 11.8. The van der Waals surface area contributed by atoms with Crippen LogP contribution in [-0.4, -0.2) is 43.8 Å². The molecule has 1 aliphatic heterocycles. The molecule has 10 heteroatoms. The number of anilines is 3. The normalized spacial score (nSPS) is 14.4. The molecule has 1 saturated heterocycles. The highest BCUT2D eigenvalue weighted by molar-refractivity contribution is 8.26. The van der Waals surface area contributed by atoms with Crippen LogP contribution in [0.3, 0.4) is 0 Å². The number of benzene rings is 3. The zero-order chi connectivity index (χ0) is 28.1. The molecule has 8 nitrogen and oxygen atoms in total. The largest absolute Gasteiger partial charge is 0.480 e. The molecule has 0 unspecified atom stereocenters. The number of aliphatic carboxylic acids is 2. The Balaban J connectivity index is 1.66. The molecule has 3 aromatic carbocycles. The molecule has 194 valence electrons. The number of nitrogens with zero attached hydrogens (tertiary/aromatic N) is 3. The number of hydrogen-bond donors (Lipinski definition) is 2. The number of thioether (sulfide) groups is 1. The molecule has 0 aromatic heterocycles. The number of hydrogen-bond acceptors (Lipinski definition) is 7. The minimum atomic E-state index is -1.29. The summed E-state index contributed by atoms with van der Waals surface area (Å²) in [6.07, 6.45) is 2.99. The minimum absolute atomic E-state index is 0.208. The van der Waals surface area contributed by atoms with Crippen molar-refractivity contribution in [2.24, 2.45) is 0 Å². The topological polar surface area (TPSA) is 122 Å². The molecule has 2 N–H and O–H groups in total. The SMILES string of the molecule is Cc1ccc(N(c2ccc(/C=C(/C#N)C(=O)O)cc2)c2ccc(/C=C3\SC(=S)N(CC(=O)O)C3=O)cc2)cc1. The smallest absolute Gasteiger partial charge is 0.346 e. The molecular formula is C29H21N3O5S2. The number of aryl methyl sites for hydroxylation is 1. The van der Waals surface area contributed by atoms with Gasteiger partial charge in [-0.1, -0.05) is 65.9 Å². The van der Waals surface area contributed by atoms with E-state index in [1.165, 1.54) is 6.08 Å². The van der Waals surface area contributed by atoms with Gasteiger partial charge in [0.1, 0.15) is 22.5 Å². The van der Waals surface area contributed by atoms with Gasteiger partial charge in [0.05, 0.1) is 4.91 Å². The first kappa shape index (κ1) is 27.3. The number of amides is 1. The van der Waals surface area contributed by atoms with Gasteiger partial charge in [-0.15, -0.1) is 0 Å². The predicted molar refractivity (Wildman–Crippen MR) is 155 cm³/mol. The summed E-state index contributed by atoms with van der Waals surface area (Å²) in [5.74, 6) is -2.86. The summed E-state index contributed by atoms with van der Waals surface area (Å²) in [4.78, 5) is 38.3. The Labute approximate surface area is 234 Å². The number of nitriles is 1. The lowest BCUT2D eigenvalue weighted by Gasteiger charge is -2.26. The number of carboxylic acids is 2. The minimum Gasteiger partial charge on any atom is -0.480 e. The van der Waals surface area contributed by atoms with Crippen molar-refractivity contribution in [3.05, 3.63) is 100.0 Å². The van der Waals surface area contributed by atoms with Gasteiger partial charge in [0.25, 0.3) is 5.91 Å². The van der Waals surface area contributed by atoms with E-state index < -0.39 is 24.4 Å². The van der Waals surface area contributed by atoms with Gasteiger partial charge in [-0.05, 0) is 66.6 Å². The third-order valence-electron chi connectivity index (χ3n) is 5.72. The maximum absolute atomic E-state index is 12.6. The van der Waals surface area contributed by atoms with Crippen LogP contribution in [0.2, 0.25) is 0 Å². The van der Waals surface area contributed by atoms with E-state index in [0.717, 1.165) is 44.9 Å². The molecule has 0 radical (unpaired) electrons. The fourth-order valence-electron chi connectivity index (χ4n) is 3.81. The molecule has 1 aliphatic rings. The lowest BCUT2D eigenvalue weighted by atomic mass is 10.1. The third kappa shape index (κ3) is 6.41. The van der Waals surface area contributed by atoms with Crippen LogP contribution in [0, 0.1) is 18.3 Å². The maximum Gasteiger partial charge on any atom is 0.346 e. The van der Waals surface area contributed by atoms with Crippen molar-refractivity contribution in [2.45, 2.75) is 6.92 Å². The molecule has 39 heavy (non-hydrogen) atoms. The number of carbonyl (C=O) groups excluding carboxylic acids is 1. The van der Waals surface area contributed by atoms with Gasteiger partial charge in [0.2, 0.25) is 0 Å². The van der Waals surface area contributed by atoms with E-state index in [4.69, 9.17) is 27.7 Å². The van der Waals surface area contributed by atoms with Crippen molar-refractivity contribution >= 4 is 75.4 Å². The van der Waals surface area contributed by atoms with Crippen molar-refractivity contribution in [3.63, 3.8) is 0 Å². The second-order valence-corrected chi connectivity index (χ2v) is 10.2. The third-order valence-corrected chi connectivity index (χ3v) is 7.10. The van der Waals surface area contributed by atoms with E-state index in [0.29, 0.717) is 10.5 Å². The van der Waals surface area contributed by atoms with Crippen LogP contribution in [0.5, 0.6) is 0 Å². The van der Waals surface area contributed by atoms with E-state index in [-0.39, 0.29) is 9.89 Å². The lowest BCUT2D eigenvalue weighted by molar-refractivity contribution is -0.140. The number of carbonyl (C=O) groups is 3. The van der Waals surface area contributed by atoms with E-state index in [2.05, 4.69) is 0 Å². The quantitative estimate of drug-likeness (QED) is 0.203. The molecule has 1 amide bonds. The summed E-state index contributed by atoms with van der Waals surface area (Å²) in [5, 5.41) is 27.2. The lowest BCUT2D eigenvalue weighted by Crippen LogP contribution is -2.33. The Morgan fingerprint density at radius 2 is 1.46 bits per heavy atom. The first-order valence-corrected chi connectivity index (χ1v) is 12.8. The highest BCUT2D eigenvalue weighted by Gasteiger charge is 2.33. The van der Waals surface area contributed by atoms with Gasteiger partial charge >= 0.3 is 11.9 Å². The summed E-state index contributed by atoms with van der Waals surface area (Å²) in [7, 11) is 0. The first-order chi connectivity index (χ1) is 18.7. The molecule has 3 aromatic rings. The van der Waals surface area contributed by atoms with Crippen molar-refractivity contribution < 1.29 is 24.6 Å². The maximum atomic E-state index is 12.6. The second-order valence-electron chi connectivity index (χ2n) is 8.49. The van der Waals surface area contributed by atoms with Gasteiger partial charge in [0, 0.05) is 17.1 Å². The van der Waals surface area contributed by atoms with Gasteiger partial charge in [0.15, 0.2) is 0 Å². The van der Waals surface area contributed by atoms with E-state index in [1.807, 2.05) is 72.5 Å². The van der Waals surface area contributed by atoms with Crippen LogP contribution in [-0.2, 0) is 14.4 Å². The fraction of sp³-hybridized carbons (Fsp3) is 0.0690. The molecule has 0 aliphatic carbocycles. The Morgan fingerprint density at radius 3 is 1.95 bits per heavy atom. The van der Waals surface area contributed by atoms with E-state index in [1.54, 1.807) is 24.3 Å². The summed E-state index contributed by atoms with van der Waals surface area (Å²) < 4.78 is 0.208. The summed E-state index contributed by atoms with van der Waals surface area (Å²) >= 11 is 6.23. The number of rotatable bonds is 8. The zero-order valence-corrected chi connectivity index (χ0v) is 22.2. The standard InChI is InChI=1S/C29H21N3O5S2/c1-18-2-8-22(9-3-18)32(23-10-4-19(5-11-23)14-21(16-30)28(36)37)24-12-6-20(7-13-24)15-25-27(35)31(17-26(33)34)29(38)39-25/h2-15H,17H2,1H3,(H,33,34)(H,36,37)/b21-14-,25-15-. The molecule has 0 atom stereocenters. The average Bonchev–Trinajstić information content (AvgIpc) is 3.17. The highest BCUT2D eigenvalue weighted by atomic mass is 32.2. The van der Waals surface area contributed by atoms with Crippen LogP contribution in [0.25, 0.3) is 12.2 Å². The fourth-order valence-corrected chi connectivity index (χ4v) is 5.07. The van der Waals surface area contributed by atoms with E-state index >= 15 is 0 Å². The van der Waals surface area contributed by atoms with Crippen LogP contribution >= 0.6 is 24.0 Å². The van der Waals surface area contributed by atoms with Crippen LogP contribution in [0.1, 0.15) is 16.7 Å². The molecule has 1 fully saturated rings. The zero-order valence-electron chi connectivity index (χ0n) is 20.6. The predicted octanol–water partition coefficient (Wildman–Crippen LogP) is 5.74. The van der Waals surface area contributed by atoms with Gasteiger partial charge < -0.3 is 15.1 Å². The Bertz CT molecular complexity index is 1550. The van der Waals surface area contributed by atoms with Crippen molar-refractivity contribution in [2.75, 3.05) is 11.4 Å². The molecule has 4 rings (SSSR count). The number of thiocarbonyl (C=S) groups is 1. The summed E-state index contributed by atoms with van der Waals surface area (Å²) in [6, 6.07) is 24.3. The van der Waals surface area contributed by atoms with Gasteiger partial charge in [-0.25, -0.2) is 4.79 Å². The summed E-state index contributed by atoms with van der Waals surface area (Å²) in [6.45, 7) is 1.52. The van der Waals surface area contributed by atoms with Crippen molar-refractivity contribution in [1.29, 1.82) is 5.26 Å². The summed E-state index contributed by atoms with van der Waals surface area (Å²) in [5.41, 5.74) is 4.62. The Hall–Kier alpha value is -4.72. The van der Waals surface area contributed by atoms with Crippen molar-refractivity contribution in [1.82, 2.24) is 4.90 Å². The first-order valence-electron chi connectivity index (χ1n) is 11.6. The Morgan fingerprint density at radius 1 is 0.949 bits per heavy atom. The van der Waals surface area contributed by atoms with Crippen LogP contribution < -0.4 is 4.90 Å². The highest BCUT2D eigenvalue weighted by Crippen LogP contribution is 2.36. The molecule has 0 saturated carbocycles. The van der Waals surface area contributed by atoms with Gasteiger partial charge in [-0.3, -0.25) is 14.5 Å².